The second-order valence-corrected chi connectivity index (χ2v) is 3.55. The van der Waals surface area contributed by atoms with Gasteiger partial charge in [-0.05, 0) is 49.6 Å². The van der Waals surface area contributed by atoms with Gasteiger partial charge in [0.15, 0.2) is 0 Å². The molecule has 1 aromatic rings. The average Bonchev–Trinajstić information content (AvgIpc) is 2.32. The topological polar surface area (TPSA) is 9.23 Å². The smallest absolute Gasteiger partial charge is 0.126 e. The average molecular weight is 245 g/mol. The summed E-state index contributed by atoms with van der Waals surface area (Å²) in [7, 11) is 1.68. The van der Waals surface area contributed by atoms with Crippen molar-refractivity contribution in [3.63, 3.8) is 0 Å². The molecule has 0 aliphatic carbocycles. The van der Waals surface area contributed by atoms with E-state index >= 15 is 0 Å². The molecule has 0 N–H and O–H groups in total. The van der Waals surface area contributed by atoms with Crippen molar-refractivity contribution in [1.29, 1.82) is 0 Å². The first-order valence-corrected chi connectivity index (χ1v) is 5.52. The maximum Gasteiger partial charge on any atom is 0.126 e. The van der Waals surface area contributed by atoms with Gasteiger partial charge in [-0.2, -0.15) is 0 Å². The predicted octanol–water partition coefficient (Wildman–Crippen LogP) is 4.39. The fourth-order valence-corrected chi connectivity index (χ4v) is 1.08. The lowest BCUT2D eigenvalue weighted by Gasteiger charge is -2.01. The molecule has 0 amide bonds. The van der Waals surface area contributed by atoms with Gasteiger partial charge in [0.25, 0.3) is 0 Å². The number of hydrogen-bond donors (Lipinski definition) is 0. The molecule has 0 bridgehead atoms. The Balaban J connectivity index is 0.000000487. The van der Waals surface area contributed by atoms with Crippen LogP contribution < -0.4 is 0 Å². The van der Waals surface area contributed by atoms with E-state index in [9.17, 15) is 4.39 Å². The van der Waals surface area contributed by atoms with Crippen molar-refractivity contribution in [2.24, 2.45) is 0 Å². The number of aryl methyl sites for hydroxylation is 1. The number of ether oxygens (including phenoxy) is 1. The van der Waals surface area contributed by atoms with Crippen LogP contribution in [0.2, 0.25) is 0 Å². The highest BCUT2D eigenvalue weighted by atomic mass is 35.5. The molecule has 0 saturated carbocycles. The molecule has 16 heavy (non-hydrogen) atoms. The van der Waals surface area contributed by atoms with Gasteiger partial charge in [-0.1, -0.05) is 17.7 Å². The quantitative estimate of drug-likeness (QED) is 0.750. The summed E-state index contributed by atoms with van der Waals surface area (Å²) in [6.07, 6.45) is 0. The first kappa shape index (κ1) is 15.1. The van der Waals surface area contributed by atoms with Crippen molar-refractivity contribution in [1.82, 2.24) is 0 Å². The molecule has 0 aliphatic rings. The van der Waals surface area contributed by atoms with Crippen molar-refractivity contribution >= 4 is 17.2 Å². The zero-order chi connectivity index (χ0) is 12.6. The Bertz CT molecular complexity index is 346. The molecule has 0 aliphatic heterocycles. The van der Waals surface area contributed by atoms with E-state index in [1.54, 1.807) is 26.2 Å². The van der Waals surface area contributed by atoms with Gasteiger partial charge in [0.05, 0.1) is 0 Å². The monoisotopic (exact) mass is 244 g/mol. The van der Waals surface area contributed by atoms with Gasteiger partial charge >= 0.3 is 0 Å². The van der Waals surface area contributed by atoms with Crippen LogP contribution in [0, 0.1) is 12.7 Å². The highest BCUT2D eigenvalue weighted by molar-refractivity contribution is 6.28. The minimum Gasteiger partial charge on any atom is -0.385 e. The Kier molecular flexibility index (Phi) is 7.86. The number of methoxy groups -OCH3 is 1. The Morgan fingerprint density at radius 1 is 1.50 bits per heavy atom. The normalized spacial score (nSPS) is 10.8. The molecule has 1 rings (SSSR count). The van der Waals surface area contributed by atoms with Gasteiger partial charge < -0.3 is 4.74 Å². The lowest BCUT2D eigenvalue weighted by molar-refractivity contribution is 0.215. The van der Waals surface area contributed by atoms with E-state index in [0.29, 0.717) is 5.56 Å². The summed E-state index contributed by atoms with van der Waals surface area (Å²) in [5.74, 6) is -0.180. The summed E-state index contributed by atoms with van der Waals surface area (Å²) < 4.78 is 17.4. The van der Waals surface area contributed by atoms with Crippen molar-refractivity contribution in [3.8, 4) is 0 Å². The van der Waals surface area contributed by atoms with Crippen LogP contribution in [0.5, 0.6) is 0 Å². The van der Waals surface area contributed by atoms with Crippen LogP contribution >= 0.6 is 11.6 Å². The van der Waals surface area contributed by atoms with Gasteiger partial charge in [0.1, 0.15) is 5.82 Å². The third-order valence-corrected chi connectivity index (χ3v) is 2.39. The molecule has 1 aromatic carbocycles. The summed E-state index contributed by atoms with van der Waals surface area (Å²) in [4.78, 5) is 0. The van der Waals surface area contributed by atoms with Crippen LogP contribution in [0.4, 0.5) is 4.39 Å². The van der Waals surface area contributed by atoms with Crippen molar-refractivity contribution in [2.75, 3.05) is 13.7 Å². The van der Waals surface area contributed by atoms with Crippen LogP contribution in [0.1, 0.15) is 25.0 Å². The lowest BCUT2D eigenvalue weighted by Crippen LogP contribution is -1.85. The van der Waals surface area contributed by atoms with E-state index in [1.165, 1.54) is 11.6 Å². The first-order chi connectivity index (χ1) is 7.56. The summed E-state index contributed by atoms with van der Waals surface area (Å²) >= 11 is 5.52. The molecule has 90 valence electrons. The molecule has 0 unspecified atom stereocenters. The number of hydrogen-bond acceptors (Lipinski definition) is 1. The van der Waals surface area contributed by atoms with Gasteiger partial charge in [-0.25, -0.2) is 4.39 Å². The van der Waals surface area contributed by atoms with Crippen molar-refractivity contribution in [3.05, 3.63) is 40.7 Å². The van der Waals surface area contributed by atoms with E-state index < -0.39 is 0 Å². The minimum atomic E-state index is -0.180. The van der Waals surface area contributed by atoms with E-state index in [4.69, 9.17) is 11.6 Å². The van der Waals surface area contributed by atoms with Gasteiger partial charge in [0, 0.05) is 19.3 Å². The van der Waals surface area contributed by atoms with E-state index in [2.05, 4.69) is 4.74 Å². The Morgan fingerprint density at radius 3 is 2.44 bits per heavy atom. The molecule has 0 aromatic heterocycles. The second kappa shape index (κ2) is 8.31. The molecule has 0 fully saturated rings. The third-order valence-electron chi connectivity index (χ3n) is 2.07. The highest BCUT2D eigenvalue weighted by Gasteiger charge is 1.99. The largest absolute Gasteiger partial charge is 0.385 e. The van der Waals surface area contributed by atoms with Crippen LogP contribution in [0.15, 0.2) is 23.7 Å². The van der Waals surface area contributed by atoms with Crippen LogP contribution in [0.3, 0.4) is 0 Å². The van der Waals surface area contributed by atoms with Crippen molar-refractivity contribution < 1.29 is 9.13 Å². The predicted molar refractivity (Wildman–Crippen MR) is 68.2 cm³/mol. The molecule has 0 saturated heterocycles. The molecule has 3 heteroatoms. The van der Waals surface area contributed by atoms with E-state index in [1.807, 2.05) is 13.8 Å². The number of benzene rings is 1. The lowest BCUT2D eigenvalue weighted by atomic mass is 10.1. The van der Waals surface area contributed by atoms with E-state index in [-0.39, 0.29) is 5.82 Å². The maximum atomic E-state index is 12.8. The van der Waals surface area contributed by atoms with Gasteiger partial charge in [-0.15, -0.1) is 0 Å². The van der Waals surface area contributed by atoms with Crippen LogP contribution in [-0.2, 0) is 4.74 Å². The summed E-state index contributed by atoms with van der Waals surface area (Å²) in [6, 6.07) is 4.95. The number of halogens is 2. The molecule has 0 atom stereocenters. The number of allylic oxidation sites excluding steroid dienone is 1. The fourth-order valence-electron chi connectivity index (χ4n) is 0.953. The molecule has 1 nitrogen and oxygen atoms in total. The first-order valence-electron chi connectivity index (χ1n) is 5.09. The van der Waals surface area contributed by atoms with E-state index in [0.717, 1.165) is 17.7 Å². The standard InChI is InChI=1S/C10H10ClF.C3H8O/c1-7-5-9(8(2)6-11)3-4-10(7)12;1-3-4-2/h3-6H,1-2H3;3H2,1-2H3/b8-6-;. The minimum absolute atomic E-state index is 0.180. The Morgan fingerprint density at radius 2 is 2.06 bits per heavy atom. The van der Waals surface area contributed by atoms with Crippen LogP contribution in [-0.4, -0.2) is 13.7 Å². The summed E-state index contributed by atoms with van der Waals surface area (Å²) in [5, 5.41) is 0. The summed E-state index contributed by atoms with van der Waals surface area (Å²) in [5.41, 5.74) is 4.04. The zero-order valence-corrected chi connectivity index (χ0v) is 10.9. The second-order valence-electron chi connectivity index (χ2n) is 3.33. The summed E-state index contributed by atoms with van der Waals surface area (Å²) in [6.45, 7) is 6.40. The molecule has 0 heterocycles. The number of rotatable bonds is 2. The molecule has 0 radical (unpaired) electrons. The molecular weight excluding hydrogens is 227 g/mol. The maximum absolute atomic E-state index is 12.8. The highest BCUT2D eigenvalue weighted by Crippen LogP contribution is 2.17. The molecule has 0 spiro atoms. The third kappa shape index (κ3) is 5.29. The Hall–Kier alpha value is -0.860. The Labute approximate surface area is 102 Å². The molecular formula is C13H18ClFO. The van der Waals surface area contributed by atoms with Crippen molar-refractivity contribution in [2.45, 2.75) is 20.8 Å². The van der Waals surface area contributed by atoms with Crippen LogP contribution in [0.25, 0.3) is 5.57 Å². The van der Waals surface area contributed by atoms with Gasteiger partial charge in [0.2, 0.25) is 0 Å². The van der Waals surface area contributed by atoms with Gasteiger partial charge in [-0.3, -0.25) is 0 Å². The fraction of sp³-hybridized carbons (Fsp3) is 0.385. The SMILES string of the molecule is C/C(=C/Cl)c1ccc(F)c(C)c1.CCOC. The zero-order valence-electron chi connectivity index (χ0n) is 10.2.